The van der Waals surface area contributed by atoms with Crippen molar-refractivity contribution >= 4 is 34.4 Å². The Balaban J connectivity index is 1.68. The van der Waals surface area contributed by atoms with Gasteiger partial charge in [-0.3, -0.25) is 4.79 Å². The van der Waals surface area contributed by atoms with Crippen LogP contribution in [0.2, 0.25) is 0 Å². The highest BCUT2D eigenvalue weighted by molar-refractivity contribution is 6.03. The number of carbonyl (C=O) groups excluding carboxylic acids is 1. The van der Waals surface area contributed by atoms with Crippen LogP contribution in [0.5, 0.6) is 0 Å². The number of nitrogens with zero attached hydrogens (tertiary/aromatic N) is 2. The first-order chi connectivity index (χ1) is 13.2. The maximum Gasteiger partial charge on any atom is 0.416 e. The molecule has 7 heteroatoms. The topological polar surface area (TPSA) is 45.2 Å². The summed E-state index contributed by atoms with van der Waals surface area (Å²) in [5.74, 6) is 0.459. The fourth-order valence-electron chi connectivity index (χ4n) is 2.58. The second-order valence-electron chi connectivity index (χ2n) is 6.41. The Labute approximate surface area is 160 Å². The second kappa shape index (κ2) is 7.72. The van der Waals surface area contributed by atoms with Crippen molar-refractivity contribution in [3.05, 3.63) is 71.8 Å². The third-order valence-corrected chi connectivity index (χ3v) is 4.07. The molecule has 0 fully saturated rings. The highest BCUT2D eigenvalue weighted by Gasteiger charge is 2.29. The van der Waals surface area contributed by atoms with Crippen LogP contribution >= 0.6 is 0 Å². The molecule has 0 saturated carbocycles. The van der Waals surface area contributed by atoms with E-state index >= 15 is 0 Å². The quantitative estimate of drug-likeness (QED) is 0.645. The van der Waals surface area contributed by atoms with E-state index in [9.17, 15) is 18.0 Å². The lowest BCUT2D eigenvalue weighted by atomic mass is 10.1. The predicted molar refractivity (Wildman–Crippen MR) is 105 cm³/mol. The number of benzene rings is 2. The van der Waals surface area contributed by atoms with Crippen molar-refractivity contribution in [2.45, 2.75) is 6.18 Å². The van der Waals surface area contributed by atoms with Gasteiger partial charge in [-0.2, -0.15) is 13.2 Å². The van der Waals surface area contributed by atoms with Gasteiger partial charge >= 0.3 is 6.18 Å². The molecule has 0 spiro atoms. The van der Waals surface area contributed by atoms with Crippen LogP contribution in [0.15, 0.2) is 60.7 Å². The molecule has 1 amide bonds. The summed E-state index contributed by atoms with van der Waals surface area (Å²) in [5, 5.41) is 3.62. The molecule has 2 aromatic carbocycles. The summed E-state index contributed by atoms with van der Waals surface area (Å²) in [6, 6.07) is 13.8. The van der Waals surface area contributed by atoms with E-state index in [1.54, 1.807) is 6.07 Å². The minimum atomic E-state index is -4.38. The summed E-state index contributed by atoms with van der Waals surface area (Å²) in [4.78, 5) is 18.5. The minimum Gasteiger partial charge on any atom is -0.363 e. The fraction of sp³-hybridized carbons (Fsp3) is 0.143. The average Bonchev–Trinajstić information content (AvgIpc) is 2.65. The summed E-state index contributed by atoms with van der Waals surface area (Å²) in [5.41, 5.74) is 1.19. The van der Waals surface area contributed by atoms with Gasteiger partial charge in [0.2, 0.25) is 5.91 Å². The summed E-state index contributed by atoms with van der Waals surface area (Å²) in [7, 11) is 3.82. The predicted octanol–water partition coefficient (Wildman–Crippen LogP) is 4.97. The van der Waals surface area contributed by atoms with Crippen molar-refractivity contribution in [2.75, 3.05) is 24.3 Å². The molecule has 3 rings (SSSR count). The lowest BCUT2D eigenvalue weighted by molar-refractivity contribution is -0.137. The zero-order chi connectivity index (χ0) is 20.3. The standard InChI is InChI=1S/C21H18F3N3O/c1-27(2)19-11-6-15-13-17(9-10-18(15)26-19)25-20(28)12-5-14-3-7-16(8-4-14)21(22,23)24/h3-13H,1-2H3,(H,25,28). The zero-order valence-corrected chi connectivity index (χ0v) is 15.3. The Morgan fingerprint density at radius 1 is 1.04 bits per heavy atom. The number of nitrogens with one attached hydrogen (secondary N) is 1. The number of alkyl halides is 3. The number of hydrogen-bond donors (Lipinski definition) is 1. The maximum atomic E-state index is 12.6. The van der Waals surface area contributed by atoms with Crippen LogP contribution in [0.3, 0.4) is 0 Å². The molecule has 1 N–H and O–H groups in total. The van der Waals surface area contributed by atoms with Crippen molar-refractivity contribution in [1.82, 2.24) is 4.98 Å². The number of amides is 1. The summed E-state index contributed by atoms with van der Waals surface area (Å²) >= 11 is 0. The van der Waals surface area contributed by atoms with E-state index in [4.69, 9.17) is 0 Å². The van der Waals surface area contributed by atoms with E-state index in [-0.39, 0.29) is 5.91 Å². The van der Waals surface area contributed by atoms with Gasteiger partial charge < -0.3 is 10.2 Å². The molecule has 0 aliphatic rings. The molecule has 0 aliphatic heterocycles. The van der Waals surface area contributed by atoms with E-state index in [1.165, 1.54) is 24.3 Å². The Morgan fingerprint density at radius 3 is 2.39 bits per heavy atom. The van der Waals surface area contributed by atoms with Gasteiger partial charge in [0.1, 0.15) is 5.82 Å². The lowest BCUT2D eigenvalue weighted by Gasteiger charge is -2.12. The van der Waals surface area contributed by atoms with Crippen LogP contribution in [0, 0.1) is 0 Å². The minimum absolute atomic E-state index is 0.378. The first-order valence-corrected chi connectivity index (χ1v) is 8.47. The maximum absolute atomic E-state index is 12.6. The molecule has 144 valence electrons. The molecule has 0 aliphatic carbocycles. The van der Waals surface area contributed by atoms with Crippen molar-refractivity contribution in [3.8, 4) is 0 Å². The summed E-state index contributed by atoms with van der Waals surface area (Å²) in [6.07, 6.45) is -1.64. The molecule has 0 atom stereocenters. The molecular formula is C21H18F3N3O. The molecule has 0 unspecified atom stereocenters. The normalized spacial score (nSPS) is 11.8. The van der Waals surface area contributed by atoms with Gasteiger partial charge in [0.25, 0.3) is 0 Å². The van der Waals surface area contributed by atoms with Crippen molar-refractivity contribution in [1.29, 1.82) is 0 Å². The number of carbonyl (C=O) groups is 1. The molecule has 3 aromatic rings. The Kier molecular flexibility index (Phi) is 5.35. The number of aromatic nitrogens is 1. The van der Waals surface area contributed by atoms with E-state index in [1.807, 2.05) is 43.3 Å². The van der Waals surface area contributed by atoms with Gasteiger partial charge in [-0.1, -0.05) is 12.1 Å². The lowest BCUT2D eigenvalue weighted by Crippen LogP contribution is -2.10. The van der Waals surface area contributed by atoms with Crippen LogP contribution < -0.4 is 10.2 Å². The number of pyridine rings is 1. The van der Waals surface area contributed by atoms with Gasteiger partial charge in [-0.25, -0.2) is 4.98 Å². The Bertz CT molecular complexity index is 1030. The smallest absolute Gasteiger partial charge is 0.363 e. The molecular weight excluding hydrogens is 367 g/mol. The van der Waals surface area contributed by atoms with Gasteiger partial charge in [0.15, 0.2) is 0 Å². The van der Waals surface area contributed by atoms with Gasteiger partial charge in [-0.05, 0) is 54.1 Å². The van der Waals surface area contributed by atoms with Crippen molar-refractivity contribution in [3.63, 3.8) is 0 Å². The number of hydrogen-bond acceptors (Lipinski definition) is 3. The SMILES string of the molecule is CN(C)c1ccc2cc(NC(=O)C=Cc3ccc(C(F)(F)F)cc3)ccc2n1. The van der Waals surface area contributed by atoms with E-state index in [2.05, 4.69) is 10.3 Å². The average molecular weight is 385 g/mol. The summed E-state index contributed by atoms with van der Waals surface area (Å²) < 4.78 is 37.7. The molecule has 1 heterocycles. The second-order valence-corrected chi connectivity index (χ2v) is 6.41. The fourth-order valence-corrected chi connectivity index (χ4v) is 2.58. The molecule has 4 nitrogen and oxygen atoms in total. The van der Waals surface area contributed by atoms with E-state index < -0.39 is 11.7 Å². The zero-order valence-electron chi connectivity index (χ0n) is 15.3. The first kappa shape index (κ1) is 19.4. The largest absolute Gasteiger partial charge is 0.416 e. The molecule has 28 heavy (non-hydrogen) atoms. The summed E-state index contributed by atoms with van der Waals surface area (Å²) in [6.45, 7) is 0. The number of rotatable bonds is 4. The van der Waals surface area contributed by atoms with E-state index in [0.29, 0.717) is 11.3 Å². The number of halogens is 3. The van der Waals surface area contributed by atoms with E-state index in [0.717, 1.165) is 28.9 Å². The van der Waals surface area contributed by atoms with Crippen LogP contribution in [-0.4, -0.2) is 25.0 Å². The number of anilines is 2. The Hall–Kier alpha value is -3.35. The third-order valence-electron chi connectivity index (χ3n) is 4.07. The molecule has 1 aromatic heterocycles. The van der Waals surface area contributed by atoms with Crippen LogP contribution in [0.4, 0.5) is 24.7 Å². The van der Waals surface area contributed by atoms with Crippen molar-refractivity contribution < 1.29 is 18.0 Å². The first-order valence-electron chi connectivity index (χ1n) is 8.47. The van der Waals surface area contributed by atoms with Gasteiger partial charge in [0.05, 0.1) is 11.1 Å². The third kappa shape index (κ3) is 4.68. The molecule has 0 saturated heterocycles. The van der Waals surface area contributed by atoms with Gasteiger partial charge in [-0.15, -0.1) is 0 Å². The molecule has 0 radical (unpaired) electrons. The highest BCUT2D eigenvalue weighted by Crippen LogP contribution is 2.29. The molecule has 0 bridgehead atoms. The monoisotopic (exact) mass is 385 g/mol. The highest BCUT2D eigenvalue weighted by atomic mass is 19.4. The van der Waals surface area contributed by atoms with Crippen molar-refractivity contribution in [2.24, 2.45) is 0 Å². The van der Waals surface area contributed by atoms with Crippen LogP contribution in [0.25, 0.3) is 17.0 Å². The van der Waals surface area contributed by atoms with Crippen LogP contribution in [-0.2, 0) is 11.0 Å². The van der Waals surface area contributed by atoms with Gasteiger partial charge in [0, 0.05) is 31.2 Å². The number of fused-ring (bicyclic) bond motifs is 1. The van der Waals surface area contributed by atoms with Crippen LogP contribution in [0.1, 0.15) is 11.1 Å². The Morgan fingerprint density at radius 2 is 1.75 bits per heavy atom.